The Morgan fingerprint density at radius 1 is 1.39 bits per heavy atom. The first-order valence-electron chi connectivity index (χ1n) is 6.66. The number of carbonyl (C=O) groups is 2. The highest BCUT2D eigenvalue weighted by atomic mass is 16.2. The molecular formula is C14H24N2O2. The van der Waals surface area contributed by atoms with E-state index >= 15 is 0 Å². The van der Waals surface area contributed by atoms with Gasteiger partial charge in [0.1, 0.15) is 0 Å². The van der Waals surface area contributed by atoms with Gasteiger partial charge in [-0.15, -0.1) is 6.58 Å². The van der Waals surface area contributed by atoms with E-state index in [9.17, 15) is 9.59 Å². The van der Waals surface area contributed by atoms with Crippen molar-refractivity contribution in [1.82, 2.24) is 5.32 Å². The molecule has 102 valence electrons. The fraction of sp³-hybridized carbons (Fsp3) is 0.714. The fourth-order valence-electron chi connectivity index (χ4n) is 2.96. The maximum atomic E-state index is 12.2. The van der Waals surface area contributed by atoms with Crippen LogP contribution in [-0.2, 0) is 9.59 Å². The smallest absolute Gasteiger partial charge is 0.224 e. The van der Waals surface area contributed by atoms with Gasteiger partial charge in [0.15, 0.2) is 0 Å². The molecule has 1 saturated carbocycles. The lowest BCUT2D eigenvalue weighted by atomic mass is 9.70. The molecule has 18 heavy (non-hydrogen) atoms. The van der Waals surface area contributed by atoms with E-state index in [1.54, 1.807) is 0 Å². The molecule has 0 aromatic rings. The topological polar surface area (TPSA) is 72.2 Å². The van der Waals surface area contributed by atoms with Gasteiger partial charge in [-0.3, -0.25) is 9.59 Å². The van der Waals surface area contributed by atoms with E-state index in [1.165, 1.54) is 0 Å². The Balaban J connectivity index is 3.02. The van der Waals surface area contributed by atoms with Crippen LogP contribution in [0.3, 0.4) is 0 Å². The van der Waals surface area contributed by atoms with Crippen LogP contribution in [0.2, 0.25) is 0 Å². The van der Waals surface area contributed by atoms with Crippen molar-refractivity contribution in [3.05, 3.63) is 12.2 Å². The zero-order chi connectivity index (χ0) is 13.8. The summed E-state index contributed by atoms with van der Waals surface area (Å²) in [5, 5.41) is 2.82. The minimum Gasteiger partial charge on any atom is -0.369 e. The lowest BCUT2D eigenvalue weighted by Gasteiger charge is -2.34. The molecule has 1 unspecified atom stereocenters. The Morgan fingerprint density at radius 2 is 1.94 bits per heavy atom. The number of nitrogens with one attached hydrogen (secondary N) is 1. The maximum absolute atomic E-state index is 12.2. The molecule has 4 heteroatoms. The average Bonchev–Trinajstić information content (AvgIpc) is 2.76. The highest BCUT2D eigenvalue weighted by molar-refractivity contribution is 5.90. The Bertz CT molecular complexity index is 344. The molecule has 3 N–H and O–H groups in total. The molecule has 1 aliphatic carbocycles. The number of hydrogen-bond donors (Lipinski definition) is 2. The molecule has 1 rings (SSSR count). The zero-order valence-corrected chi connectivity index (χ0v) is 11.4. The first kappa shape index (κ1) is 14.7. The maximum Gasteiger partial charge on any atom is 0.224 e. The van der Waals surface area contributed by atoms with Gasteiger partial charge in [-0.1, -0.05) is 18.4 Å². The van der Waals surface area contributed by atoms with E-state index < -0.39 is 5.41 Å². The van der Waals surface area contributed by atoms with Crippen molar-refractivity contribution >= 4 is 11.8 Å². The quantitative estimate of drug-likeness (QED) is 0.707. The van der Waals surface area contributed by atoms with E-state index in [0.717, 1.165) is 31.3 Å². The number of primary amides is 1. The van der Waals surface area contributed by atoms with Crippen LogP contribution in [0.25, 0.3) is 0 Å². The third-order valence-corrected chi connectivity index (χ3v) is 3.87. The number of carbonyl (C=O) groups excluding carboxylic acids is 2. The van der Waals surface area contributed by atoms with Gasteiger partial charge >= 0.3 is 0 Å². The number of rotatable bonds is 6. The van der Waals surface area contributed by atoms with E-state index in [4.69, 9.17) is 5.73 Å². The molecule has 4 nitrogen and oxygen atoms in total. The highest BCUT2D eigenvalue weighted by Crippen LogP contribution is 2.46. The lowest BCUT2D eigenvalue weighted by molar-refractivity contribution is -0.140. The largest absolute Gasteiger partial charge is 0.369 e. The summed E-state index contributed by atoms with van der Waals surface area (Å²) < 4.78 is 0. The van der Waals surface area contributed by atoms with Crippen molar-refractivity contribution in [3.8, 4) is 0 Å². The van der Waals surface area contributed by atoms with Crippen molar-refractivity contribution in [2.24, 2.45) is 17.1 Å². The molecule has 0 bridgehead atoms. The second-order valence-electron chi connectivity index (χ2n) is 5.34. The summed E-state index contributed by atoms with van der Waals surface area (Å²) in [6.07, 6.45) is 3.91. The second-order valence-corrected chi connectivity index (χ2v) is 5.34. The molecule has 0 saturated heterocycles. The Morgan fingerprint density at radius 3 is 2.33 bits per heavy atom. The number of amides is 2. The second kappa shape index (κ2) is 6.03. The van der Waals surface area contributed by atoms with Gasteiger partial charge in [-0.2, -0.15) is 0 Å². The van der Waals surface area contributed by atoms with E-state index in [0.29, 0.717) is 13.0 Å². The number of allylic oxidation sites excluding steroid dienone is 1. The van der Waals surface area contributed by atoms with E-state index in [2.05, 4.69) is 11.9 Å². The Hall–Kier alpha value is -1.32. The zero-order valence-electron chi connectivity index (χ0n) is 11.4. The van der Waals surface area contributed by atoms with Gasteiger partial charge in [0.2, 0.25) is 11.8 Å². The van der Waals surface area contributed by atoms with Gasteiger partial charge in [-0.25, -0.2) is 0 Å². The molecule has 0 heterocycles. The molecule has 0 aromatic heterocycles. The molecule has 0 aliphatic heterocycles. The summed E-state index contributed by atoms with van der Waals surface area (Å²) in [5.74, 6) is -0.770. The van der Waals surface area contributed by atoms with E-state index in [-0.39, 0.29) is 17.7 Å². The van der Waals surface area contributed by atoms with Crippen molar-refractivity contribution in [1.29, 1.82) is 0 Å². The van der Waals surface area contributed by atoms with Gasteiger partial charge < -0.3 is 11.1 Å². The molecule has 2 amide bonds. The monoisotopic (exact) mass is 252 g/mol. The van der Waals surface area contributed by atoms with Crippen molar-refractivity contribution in [2.75, 3.05) is 6.54 Å². The minimum absolute atomic E-state index is 0.0683. The SMILES string of the molecule is C=C(C)CC(C(=O)NCC)C1(C(N)=O)CCCC1. The lowest BCUT2D eigenvalue weighted by Crippen LogP contribution is -2.48. The Kier molecular flexibility index (Phi) is 4.93. The van der Waals surface area contributed by atoms with E-state index in [1.807, 2.05) is 13.8 Å². The average molecular weight is 252 g/mol. The molecule has 0 aromatic carbocycles. The summed E-state index contributed by atoms with van der Waals surface area (Å²) in [6.45, 7) is 8.20. The van der Waals surface area contributed by atoms with Crippen LogP contribution >= 0.6 is 0 Å². The first-order valence-corrected chi connectivity index (χ1v) is 6.66. The molecule has 1 fully saturated rings. The minimum atomic E-state index is -0.668. The van der Waals surface area contributed by atoms with Crippen molar-refractivity contribution in [2.45, 2.75) is 46.0 Å². The predicted molar refractivity (Wildman–Crippen MR) is 71.7 cm³/mol. The van der Waals surface area contributed by atoms with Crippen LogP contribution in [0.15, 0.2) is 12.2 Å². The molecule has 1 atom stereocenters. The Labute approximate surface area is 109 Å². The normalized spacial score (nSPS) is 19.2. The molecular weight excluding hydrogens is 228 g/mol. The standard InChI is InChI=1S/C14H24N2O2/c1-4-16-12(17)11(9-10(2)3)14(13(15)18)7-5-6-8-14/h11H,2,4-9H2,1,3H3,(H2,15,18)(H,16,17). The third kappa shape index (κ3) is 2.92. The summed E-state index contributed by atoms with van der Waals surface area (Å²) in [5.41, 5.74) is 5.84. The van der Waals surface area contributed by atoms with Crippen LogP contribution in [-0.4, -0.2) is 18.4 Å². The summed E-state index contributed by atoms with van der Waals surface area (Å²) in [7, 11) is 0. The van der Waals surface area contributed by atoms with Crippen molar-refractivity contribution in [3.63, 3.8) is 0 Å². The summed E-state index contributed by atoms with van der Waals surface area (Å²) in [6, 6.07) is 0. The fourth-order valence-corrected chi connectivity index (χ4v) is 2.96. The van der Waals surface area contributed by atoms with Crippen LogP contribution in [0.4, 0.5) is 0 Å². The predicted octanol–water partition coefficient (Wildman–Crippen LogP) is 1.75. The van der Waals surface area contributed by atoms with Gasteiger partial charge in [0, 0.05) is 6.54 Å². The first-order chi connectivity index (χ1) is 8.44. The summed E-state index contributed by atoms with van der Waals surface area (Å²) in [4.78, 5) is 24.1. The summed E-state index contributed by atoms with van der Waals surface area (Å²) >= 11 is 0. The number of hydrogen-bond acceptors (Lipinski definition) is 2. The van der Waals surface area contributed by atoms with Gasteiger partial charge in [0.05, 0.1) is 11.3 Å². The van der Waals surface area contributed by atoms with Crippen LogP contribution < -0.4 is 11.1 Å². The van der Waals surface area contributed by atoms with Crippen molar-refractivity contribution < 1.29 is 9.59 Å². The molecule has 1 aliphatic rings. The molecule has 0 radical (unpaired) electrons. The van der Waals surface area contributed by atoms with Gasteiger partial charge in [-0.05, 0) is 33.1 Å². The third-order valence-electron chi connectivity index (χ3n) is 3.87. The number of nitrogens with two attached hydrogens (primary N) is 1. The van der Waals surface area contributed by atoms with Gasteiger partial charge in [0.25, 0.3) is 0 Å². The van der Waals surface area contributed by atoms with Crippen LogP contribution in [0.5, 0.6) is 0 Å². The molecule has 0 spiro atoms. The highest BCUT2D eigenvalue weighted by Gasteiger charge is 2.49. The van der Waals surface area contributed by atoms with Crippen LogP contribution in [0, 0.1) is 11.3 Å². The van der Waals surface area contributed by atoms with Crippen LogP contribution in [0.1, 0.15) is 46.0 Å².